The number of nitrogens with zero attached hydrogens (tertiary/aromatic N) is 3. The first-order chi connectivity index (χ1) is 23.3. The van der Waals surface area contributed by atoms with Gasteiger partial charge in [0.2, 0.25) is 5.78 Å². The summed E-state index contributed by atoms with van der Waals surface area (Å²) in [5.41, 5.74) is 2.85. The second-order valence-electron chi connectivity index (χ2n) is 15.2. The third-order valence-electron chi connectivity index (χ3n) is 10.5. The van der Waals surface area contributed by atoms with Gasteiger partial charge in [0.25, 0.3) is 0 Å². The van der Waals surface area contributed by atoms with Crippen LogP contribution >= 0.6 is 0 Å². The van der Waals surface area contributed by atoms with Crippen LogP contribution in [0.1, 0.15) is 116 Å². The number of piperidine rings is 1. The smallest absolute Gasteiger partial charge is 0.202 e. The number of ketones is 2. The molecule has 2 saturated heterocycles. The van der Waals surface area contributed by atoms with Crippen LogP contribution in [0.15, 0.2) is 28.4 Å². The van der Waals surface area contributed by atoms with Gasteiger partial charge in [0.05, 0.1) is 47.8 Å². The number of ether oxygens (including phenoxy) is 3. The zero-order chi connectivity index (χ0) is 36.7. The SMILES string of the molecule is COc1cccc2c1C(=O)c1c(O)c3c(c(O)c1C2=O)C[C@@](O)(C(C)=NN=C1CC(C)(C)N([O])C(C)(C)C1)C[C@@H]3O[C@H]1C[C@H](N)[C@H](O)[C@H](C)O1. The van der Waals surface area contributed by atoms with Crippen LogP contribution in [0.4, 0.5) is 0 Å². The van der Waals surface area contributed by atoms with E-state index in [4.69, 9.17) is 19.9 Å². The van der Waals surface area contributed by atoms with Crippen molar-refractivity contribution >= 4 is 23.0 Å². The number of benzene rings is 2. The summed E-state index contributed by atoms with van der Waals surface area (Å²) in [7, 11) is 1.35. The molecular weight excluding hydrogens is 648 g/mol. The predicted molar refractivity (Wildman–Crippen MR) is 180 cm³/mol. The highest BCUT2D eigenvalue weighted by molar-refractivity contribution is 6.31. The molecule has 0 aromatic heterocycles. The molecule has 0 bridgehead atoms. The Morgan fingerprint density at radius 1 is 1.02 bits per heavy atom. The Bertz CT molecular complexity index is 1790. The number of aromatic hydroxyl groups is 2. The Hall–Kier alpha value is -3.76. The van der Waals surface area contributed by atoms with Crippen molar-refractivity contribution in [3.8, 4) is 17.2 Å². The van der Waals surface area contributed by atoms with E-state index in [2.05, 4.69) is 10.2 Å². The molecule has 2 aromatic carbocycles. The number of aliphatic hydroxyl groups is 2. The summed E-state index contributed by atoms with van der Waals surface area (Å²) >= 11 is 0. The highest BCUT2D eigenvalue weighted by Gasteiger charge is 2.49. The first-order valence-corrected chi connectivity index (χ1v) is 16.7. The summed E-state index contributed by atoms with van der Waals surface area (Å²) < 4.78 is 17.6. The van der Waals surface area contributed by atoms with E-state index in [0.29, 0.717) is 18.6 Å². The maximum absolute atomic E-state index is 14.0. The standard InChI is InChI=1S/C36H45N4O10/c1-16-29(41)21(37)11-24(49-16)50-23-15-36(46,17(2)38-39-18-12-34(3,4)40(47)35(5,6)13-18)14-20-26(23)33(45)28-27(31(20)43)30(42)19-9-8-10-22(48-7)25(19)32(28)44/h8-10,16,21,23-24,29,41,43,45-46H,11-15,37H2,1-7H3/t16-,21-,23-,24-,29+,36-/m0/s1. The molecular formula is C36H45N4O10. The van der Waals surface area contributed by atoms with Crippen molar-refractivity contribution in [1.82, 2.24) is 5.06 Å². The third kappa shape index (κ3) is 5.82. The van der Waals surface area contributed by atoms with Gasteiger partial charge in [-0.15, -0.1) is 10.3 Å². The number of nitrogens with two attached hydrogens (primary N) is 1. The lowest BCUT2D eigenvalue weighted by atomic mass is 9.71. The van der Waals surface area contributed by atoms with Crippen LogP contribution in [0.5, 0.6) is 17.2 Å². The monoisotopic (exact) mass is 693 g/mol. The molecule has 0 saturated carbocycles. The molecule has 1 radical (unpaired) electrons. The minimum atomic E-state index is -1.82. The van der Waals surface area contributed by atoms with E-state index in [9.17, 15) is 35.2 Å². The number of rotatable bonds is 5. The Labute approximate surface area is 290 Å². The molecule has 6 atom stereocenters. The Kier molecular flexibility index (Phi) is 8.99. The van der Waals surface area contributed by atoms with E-state index in [1.807, 2.05) is 27.7 Å². The van der Waals surface area contributed by atoms with Crippen LogP contribution in [0.25, 0.3) is 0 Å². The van der Waals surface area contributed by atoms with E-state index in [0.717, 1.165) is 5.06 Å². The molecule has 0 spiro atoms. The highest BCUT2D eigenvalue weighted by atomic mass is 16.7. The zero-order valence-corrected chi connectivity index (χ0v) is 29.3. The van der Waals surface area contributed by atoms with Gasteiger partial charge in [-0.25, -0.2) is 0 Å². The van der Waals surface area contributed by atoms with E-state index < -0.39 is 81.5 Å². The first kappa shape index (κ1) is 36.0. The highest BCUT2D eigenvalue weighted by Crippen LogP contribution is 2.52. The summed E-state index contributed by atoms with van der Waals surface area (Å²) in [6, 6.07) is 3.80. The lowest BCUT2D eigenvalue weighted by Gasteiger charge is -2.46. The van der Waals surface area contributed by atoms with Crippen LogP contribution in [-0.4, -0.2) is 96.8 Å². The Balaban J connectivity index is 1.46. The average molecular weight is 694 g/mol. The van der Waals surface area contributed by atoms with Crippen molar-refractivity contribution in [3.63, 3.8) is 0 Å². The van der Waals surface area contributed by atoms with Crippen molar-refractivity contribution < 1.29 is 49.4 Å². The van der Waals surface area contributed by atoms with E-state index >= 15 is 0 Å². The molecule has 0 unspecified atom stereocenters. The van der Waals surface area contributed by atoms with Crippen LogP contribution in [0, 0.1) is 0 Å². The van der Waals surface area contributed by atoms with Crippen LogP contribution in [-0.2, 0) is 21.1 Å². The first-order valence-electron chi connectivity index (χ1n) is 16.7. The summed E-state index contributed by atoms with van der Waals surface area (Å²) in [5, 5.41) is 69.1. The molecule has 2 aliphatic heterocycles. The molecule has 2 aliphatic carbocycles. The number of hydroxylamine groups is 2. The fourth-order valence-electron chi connectivity index (χ4n) is 8.00. The van der Waals surface area contributed by atoms with Crippen molar-refractivity contribution in [2.45, 2.75) is 121 Å². The third-order valence-corrected chi connectivity index (χ3v) is 10.5. The van der Waals surface area contributed by atoms with Crippen molar-refractivity contribution in [3.05, 3.63) is 51.6 Å². The second kappa shape index (κ2) is 12.5. The van der Waals surface area contributed by atoms with Crippen molar-refractivity contribution in [2.24, 2.45) is 15.9 Å². The number of phenols is 2. The minimum absolute atomic E-state index is 0.00365. The molecule has 14 nitrogen and oxygen atoms in total. The van der Waals surface area contributed by atoms with Gasteiger partial charge in [0.15, 0.2) is 12.1 Å². The van der Waals surface area contributed by atoms with Crippen LogP contribution in [0.3, 0.4) is 0 Å². The van der Waals surface area contributed by atoms with Crippen LogP contribution < -0.4 is 10.5 Å². The van der Waals surface area contributed by atoms with E-state index in [1.165, 1.54) is 19.2 Å². The van der Waals surface area contributed by atoms with Crippen molar-refractivity contribution in [1.29, 1.82) is 0 Å². The van der Waals surface area contributed by atoms with Gasteiger partial charge in [0.1, 0.15) is 22.8 Å². The molecule has 14 heteroatoms. The predicted octanol–water partition coefficient (Wildman–Crippen LogP) is 3.26. The summed E-state index contributed by atoms with van der Waals surface area (Å²) in [6.07, 6.45) is -3.61. The molecule has 269 valence electrons. The molecule has 6 rings (SSSR count). The summed E-state index contributed by atoms with van der Waals surface area (Å²) in [6.45, 7) is 10.5. The molecule has 6 N–H and O–H groups in total. The summed E-state index contributed by atoms with van der Waals surface area (Å²) in [5.74, 6) is -2.46. The molecule has 0 amide bonds. The lowest BCUT2D eigenvalue weighted by molar-refractivity contribution is -0.273. The van der Waals surface area contributed by atoms with Gasteiger partial charge in [-0.2, -0.15) is 10.2 Å². The number of methoxy groups -OCH3 is 1. The van der Waals surface area contributed by atoms with Gasteiger partial charge in [-0.3, -0.25) is 9.59 Å². The Morgan fingerprint density at radius 2 is 1.66 bits per heavy atom. The quantitative estimate of drug-likeness (QED) is 0.148. The molecule has 2 aromatic rings. The van der Waals surface area contributed by atoms with E-state index in [-0.39, 0.29) is 53.0 Å². The maximum atomic E-state index is 14.0. The fraction of sp³-hybridized carbons (Fsp3) is 0.556. The number of hydrogen-bond acceptors (Lipinski definition) is 13. The molecule has 2 fully saturated rings. The number of carbonyl (C=O) groups is 2. The van der Waals surface area contributed by atoms with Gasteiger partial charge >= 0.3 is 0 Å². The van der Waals surface area contributed by atoms with Gasteiger partial charge in [-0.1, -0.05) is 12.1 Å². The number of fused-ring (bicyclic) bond motifs is 3. The molecule has 50 heavy (non-hydrogen) atoms. The average Bonchev–Trinajstić information content (AvgIpc) is 3.04. The number of aliphatic hydroxyl groups excluding tert-OH is 1. The lowest BCUT2D eigenvalue weighted by Crippen LogP contribution is -2.58. The number of hydrogen-bond donors (Lipinski definition) is 5. The zero-order valence-electron chi connectivity index (χ0n) is 29.3. The van der Waals surface area contributed by atoms with Gasteiger partial charge in [0, 0.05) is 71.6 Å². The normalized spacial score (nSPS) is 30.7. The van der Waals surface area contributed by atoms with Crippen molar-refractivity contribution in [2.75, 3.05) is 7.11 Å². The number of carbonyl (C=O) groups excluding carboxylic acids is 2. The second-order valence-corrected chi connectivity index (χ2v) is 15.2. The largest absolute Gasteiger partial charge is 0.507 e. The number of phenolic OH excluding ortho intramolecular Hbond substituents is 2. The molecule has 2 heterocycles. The minimum Gasteiger partial charge on any atom is -0.507 e. The van der Waals surface area contributed by atoms with E-state index in [1.54, 1.807) is 19.9 Å². The Morgan fingerprint density at radius 3 is 2.28 bits per heavy atom. The summed E-state index contributed by atoms with van der Waals surface area (Å²) in [4.78, 5) is 27.9. The topological polar surface area (TPSA) is 217 Å². The molecule has 4 aliphatic rings. The maximum Gasteiger partial charge on any atom is 0.202 e. The van der Waals surface area contributed by atoms with Gasteiger partial charge in [-0.05, 0) is 47.6 Å². The fourth-order valence-corrected chi connectivity index (χ4v) is 8.00. The van der Waals surface area contributed by atoms with Crippen LogP contribution in [0.2, 0.25) is 0 Å². The van der Waals surface area contributed by atoms with Gasteiger partial charge < -0.3 is 40.4 Å².